The smallest absolute Gasteiger partial charge is 0.0377 e. The minimum absolute atomic E-state index is 0.629. The molecule has 0 aromatic heterocycles. The third kappa shape index (κ3) is 4.60. The summed E-state index contributed by atoms with van der Waals surface area (Å²) in [6.07, 6.45) is 5.40. The van der Waals surface area contributed by atoms with Crippen LogP contribution in [0.15, 0.2) is 24.3 Å². The Morgan fingerprint density at radius 2 is 1.64 bits per heavy atom. The SMILES string of the molecule is c1cc(C(C2CCNCC2)N2CCSCC2)ccc1CN1CCCC1. The molecule has 3 fully saturated rings. The van der Waals surface area contributed by atoms with E-state index in [1.54, 1.807) is 5.56 Å². The third-order valence-corrected chi connectivity index (χ3v) is 7.14. The van der Waals surface area contributed by atoms with Gasteiger partial charge in [-0.15, -0.1) is 0 Å². The van der Waals surface area contributed by atoms with Crippen molar-refractivity contribution in [2.45, 2.75) is 38.3 Å². The second-order valence-electron chi connectivity index (χ2n) is 7.91. The van der Waals surface area contributed by atoms with Crippen molar-refractivity contribution in [1.29, 1.82) is 0 Å². The van der Waals surface area contributed by atoms with Crippen LogP contribution in [0.25, 0.3) is 0 Å². The lowest BCUT2D eigenvalue weighted by molar-refractivity contribution is 0.132. The van der Waals surface area contributed by atoms with Gasteiger partial charge in [-0.25, -0.2) is 0 Å². The number of thioether (sulfide) groups is 1. The third-order valence-electron chi connectivity index (χ3n) is 6.20. The molecule has 1 atom stereocenters. The molecule has 1 aromatic carbocycles. The quantitative estimate of drug-likeness (QED) is 0.868. The van der Waals surface area contributed by atoms with Crippen LogP contribution in [-0.2, 0) is 6.54 Å². The molecule has 3 heterocycles. The van der Waals surface area contributed by atoms with Crippen molar-refractivity contribution < 1.29 is 0 Å². The van der Waals surface area contributed by atoms with Gasteiger partial charge < -0.3 is 5.32 Å². The summed E-state index contributed by atoms with van der Waals surface area (Å²) in [6, 6.07) is 10.3. The first-order chi connectivity index (χ1) is 12.4. The second kappa shape index (κ2) is 8.90. The maximum atomic E-state index is 3.55. The molecule has 0 aliphatic carbocycles. The largest absolute Gasteiger partial charge is 0.317 e. The predicted octanol–water partition coefficient (Wildman–Crippen LogP) is 3.37. The summed E-state index contributed by atoms with van der Waals surface area (Å²) in [6.45, 7) is 8.60. The Kier molecular flexibility index (Phi) is 6.35. The number of piperidine rings is 1. The molecular weight excluding hydrogens is 326 g/mol. The molecular formula is C21H33N3S. The lowest BCUT2D eigenvalue weighted by atomic mass is 9.84. The fourth-order valence-corrected chi connectivity index (χ4v) is 5.75. The standard InChI is InChI=1S/C21H33N3S/c1-2-12-23(11-1)17-18-3-5-19(6-4-18)21(20-7-9-22-10-8-20)24-13-15-25-16-14-24/h3-6,20-22H,1-2,7-17H2. The topological polar surface area (TPSA) is 18.5 Å². The van der Waals surface area contributed by atoms with Crippen LogP contribution in [-0.4, -0.2) is 60.6 Å². The summed E-state index contributed by atoms with van der Waals surface area (Å²) >= 11 is 2.12. The van der Waals surface area contributed by atoms with Crippen molar-refractivity contribution >= 4 is 11.8 Å². The molecule has 4 heteroatoms. The molecule has 3 saturated heterocycles. The highest BCUT2D eigenvalue weighted by molar-refractivity contribution is 7.99. The van der Waals surface area contributed by atoms with Crippen LogP contribution in [0.1, 0.15) is 42.9 Å². The minimum atomic E-state index is 0.629. The molecule has 1 N–H and O–H groups in total. The van der Waals surface area contributed by atoms with Crippen molar-refractivity contribution in [1.82, 2.24) is 15.1 Å². The Morgan fingerprint density at radius 3 is 2.32 bits per heavy atom. The molecule has 3 aliphatic heterocycles. The molecule has 3 aliphatic rings. The van der Waals surface area contributed by atoms with Crippen LogP contribution >= 0.6 is 11.8 Å². The Balaban J connectivity index is 1.49. The first kappa shape index (κ1) is 17.8. The zero-order valence-corrected chi connectivity index (χ0v) is 16.3. The Hall–Kier alpha value is -0.550. The molecule has 0 amide bonds. The number of rotatable bonds is 5. The predicted molar refractivity (Wildman–Crippen MR) is 108 cm³/mol. The molecule has 1 unspecified atom stereocenters. The van der Waals surface area contributed by atoms with Crippen LogP contribution in [0.2, 0.25) is 0 Å². The number of benzene rings is 1. The summed E-state index contributed by atoms with van der Waals surface area (Å²) < 4.78 is 0. The number of nitrogens with zero attached hydrogens (tertiary/aromatic N) is 2. The van der Waals surface area contributed by atoms with Gasteiger partial charge in [0, 0.05) is 37.2 Å². The fourth-order valence-electron chi connectivity index (χ4n) is 4.82. The van der Waals surface area contributed by atoms with Crippen LogP contribution in [0.4, 0.5) is 0 Å². The van der Waals surface area contributed by atoms with Gasteiger partial charge in [-0.2, -0.15) is 11.8 Å². The molecule has 0 spiro atoms. The lowest BCUT2D eigenvalue weighted by Crippen LogP contribution is -2.42. The summed E-state index contributed by atoms with van der Waals surface area (Å²) in [5.74, 6) is 3.41. The van der Waals surface area contributed by atoms with Gasteiger partial charge in [0.25, 0.3) is 0 Å². The fraction of sp³-hybridized carbons (Fsp3) is 0.714. The molecule has 138 valence electrons. The van der Waals surface area contributed by atoms with Gasteiger partial charge in [0.2, 0.25) is 0 Å². The van der Waals surface area contributed by atoms with Crippen molar-refractivity contribution in [3.8, 4) is 0 Å². The van der Waals surface area contributed by atoms with Crippen molar-refractivity contribution in [2.75, 3.05) is 50.8 Å². The van der Waals surface area contributed by atoms with E-state index in [1.807, 2.05) is 0 Å². The van der Waals surface area contributed by atoms with E-state index in [-0.39, 0.29) is 0 Å². The molecule has 3 nitrogen and oxygen atoms in total. The molecule has 4 rings (SSSR count). The number of hydrogen-bond donors (Lipinski definition) is 1. The van der Waals surface area contributed by atoms with Crippen LogP contribution in [0, 0.1) is 5.92 Å². The second-order valence-corrected chi connectivity index (χ2v) is 9.13. The van der Waals surface area contributed by atoms with Crippen molar-refractivity contribution in [2.24, 2.45) is 5.92 Å². The summed E-state index contributed by atoms with van der Waals surface area (Å²) in [5, 5.41) is 3.55. The van der Waals surface area contributed by atoms with Gasteiger partial charge >= 0.3 is 0 Å². The van der Waals surface area contributed by atoms with Gasteiger partial charge in [-0.05, 0) is 68.9 Å². The average molecular weight is 360 g/mol. The Morgan fingerprint density at radius 1 is 0.960 bits per heavy atom. The highest BCUT2D eigenvalue weighted by Gasteiger charge is 2.31. The van der Waals surface area contributed by atoms with E-state index in [0.29, 0.717) is 6.04 Å². The normalized spacial score (nSPS) is 25.3. The summed E-state index contributed by atoms with van der Waals surface area (Å²) in [4.78, 5) is 5.38. The van der Waals surface area contributed by atoms with Crippen molar-refractivity contribution in [3.63, 3.8) is 0 Å². The van der Waals surface area contributed by atoms with E-state index in [2.05, 4.69) is 51.1 Å². The van der Waals surface area contributed by atoms with Gasteiger partial charge in [0.1, 0.15) is 0 Å². The van der Waals surface area contributed by atoms with Crippen LogP contribution < -0.4 is 5.32 Å². The number of hydrogen-bond acceptors (Lipinski definition) is 4. The monoisotopic (exact) mass is 359 g/mol. The molecule has 1 aromatic rings. The summed E-state index contributed by atoms with van der Waals surface area (Å²) in [5.41, 5.74) is 3.05. The Bertz CT molecular complexity index is 496. The van der Waals surface area contributed by atoms with E-state index in [0.717, 1.165) is 12.5 Å². The summed E-state index contributed by atoms with van der Waals surface area (Å²) in [7, 11) is 0. The minimum Gasteiger partial charge on any atom is -0.317 e. The van der Waals surface area contributed by atoms with E-state index in [9.17, 15) is 0 Å². The first-order valence-electron chi connectivity index (χ1n) is 10.2. The first-order valence-corrected chi connectivity index (χ1v) is 11.4. The average Bonchev–Trinajstić information content (AvgIpc) is 3.18. The van der Waals surface area contributed by atoms with E-state index in [1.165, 1.54) is 82.0 Å². The van der Waals surface area contributed by atoms with Gasteiger partial charge in [-0.1, -0.05) is 24.3 Å². The lowest BCUT2D eigenvalue weighted by Gasteiger charge is -2.41. The molecule has 0 bridgehead atoms. The highest BCUT2D eigenvalue weighted by Crippen LogP contribution is 2.35. The van der Waals surface area contributed by atoms with Gasteiger partial charge in [-0.3, -0.25) is 9.80 Å². The molecule has 25 heavy (non-hydrogen) atoms. The van der Waals surface area contributed by atoms with E-state index < -0.39 is 0 Å². The van der Waals surface area contributed by atoms with Crippen LogP contribution in [0.5, 0.6) is 0 Å². The zero-order valence-electron chi connectivity index (χ0n) is 15.5. The number of nitrogens with one attached hydrogen (secondary N) is 1. The van der Waals surface area contributed by atoms with Gasteiger partial charge in [0.05, 0.1) is 0 Å². The van der Waals surface area contributed by atoms with E-state index in [4.69, 9.17) is 0 Å². The zero-order chi connectivity index (χ0) is 16.9. The Labute approximate surface area is 157 Å². The molecule has 0 radical (unpaired) electrons. The van der Waals surface area contributed by atoms with E-state index >= 15 is 0 Å². The van der Waals surface area contributed by atoms with Gasteiger partial charge in [0.15, 0.2) is 0 Å². The maximum absolute atomic E-state index is 3.55. The van der Waals surface area contributed by atoms with Crippen molar-refractivity contribution in [3.05, 3.63) is 35.4 Å². The van der Waals surface area contributed by atoms with Crippen LogP contribution in [0.3, 0.4) is 0 Å². The highest BCUT2D eigenvalue weighted by atomic mass is 32.2. The number of likely N-dealkylation sites (tertiary alicyclic amines) is 1. The molecule has 0 saturated carbocycles. The maximum Gasteiger partial charge on any atom is 0.0377 e.